The molecule has 98 valence electrons. The van der Waals surface area contributed by atoms with Gasteiger partial charge in [-0.2, -0.15) is 0 Å². The smallest absolute Gasteiger partial charge is 0.164 e. The quantitative estimate of drug-likeness (QED) is 0.910. The highest BCUT2D eigenvalue weighted by Crippen LogP contribution is 2.48. The van der Waals surface area contributed by atoms with Crippen LogP contribution in [0.4, 0.5) is 0 Å². The Balaban J connectivity index is 2.05. The van der Waals surface area contributed by atoms with Gasteiger partial charge in [-0.25, -0.2) is 9.97 Å². The van der Waals surface area contributed by atoms with Gasteiger partial charge in [0.05, 0.1) is 7.11 Å². The summed E-state index contributed by atoms with van der Waals surface area (Å²) < 4.78 is 5.15. The summed E-state index contributed by atoms with van der Waals surface area (Å²) in [4.78, 5) is 8.48. The average Bonchev–Trinajstić information content (AvgIpc) is 3.32. The normalized spacial score (nSPS) is 17.8. The first-order valence-corrected chi connectivity index (χ1v) is 6.39. The van der Waals surface area contributed by atoms with E-state index in [1.54, 1.807) is 25.6 Å². The van der Waals surface area contributed by atoms with Gasteiger partial charge in [-0.05, 0) is 42.5 Å². The maximum atomic E-state index is 11.1. The number of benzene rings is 1. The summed E-state index contributed by atoms with van der Waals surface area (Å²) in [6.45, 7) is 0. The van der Waals surface area contributed by atoms with Crippen LogP contribution >= 0.6 is 0 Å². The molecular weight excluding hydrogens is 240 g/mol. The van der Waals surface area contributed by atoms with Crippen molar-refractivity contribution in [2.24, 2.45) is 5.92 Å². The van der Waals surface area contributed by atoms with Crippen LogP contribution in [0.25, 0.3) is 0 Å². The van der Waals surface area contributed by atoms with Crippen molar-refractivity contribution in [1.82, 2.24) is 9.97 Å². The number of methoxy groups -OCH3 is 1. The standard InChI is InChI=1S/C15H16N2O2/c1-19-13-7-5-12(6-8-13)15(18,11-3-4-11)14-16-9-2-10-17-14/h2,5-11,18H,3-4H2,1H3. The molecule has 2 aromatic rings. The zero-order chi connectivity index (χ0) is 13.3. The molecule has 19 heavy (non-hydrogen) atoms. The first kappa shape index (κ1) is 12.1. The van der Waals surface area contributed by atoms with Gasteiger partial charge in [-0.3, -0.25) is 0 Å². The van der Waals surface area contributed by atoms with Crippen molar-refractivity contribution in [3.8, 4) is 5.75 Å². The number of ether oxygens (including phenoxy) is 1. The molecule has 1 fully saturated rings. The van der Waals surface area contributed by atoms with E-state index >= 15 is 0 Å². The van der Waals surface area contributed by atoms with Crippen LogP contribution in [-0.4, -0.2) is 22.2 Å². The number of hydrogen-bond acceptors (Lipinski definition) is 4. The highest BCUT2D eigenvalue weighted by Gasteiger charge is 2.48. The lowest BCUT2D eigenvalue weighted by Crippen LogP contribution is -2.32. The first-order chi connectivity index (χ1) is 9.25. The van der Waals surface area contributed by atoms with E-state index in [0.29, 0.717) is 5.82 Å². The average molecular weight is 256 g/mol. The minimum absolute atomic E-state index is 0.197. The Morgan fingerprint density at radius 3 is 2.32 bits per heavy atom. The number of rotatable bonds is 4. The number of nitrogens with zero attached hydrogens (tertiary/aromatic N) is 2. The molecular formula is C15H16N2O2. The monoisotopic (exact) mass is 256 g/mol. The van der Waals surface area contributed by atoms with Crippen LogP contribution < -0.4 is 4.74 Å². The molecule has 1 saturated carbocycles. The maximum Gasteiger partial charge on any atom is 0.164 e. The maximum absolute atomic E-state index is 11.1. The van der Waals surface area contributed by atoms with Crippen LogP contribution in [0.5, 0.6) is 5.75 Å². The van der Waals surface area contributed by atoms with Crippen molar-refractivity contribution < 1.29 is 9.84 Å². The summed E-state index contributed by atoms with van der Waals surface area (Å²) in [5, 5.41) is 11.1. The van der Waals surface area contributed by atoms with Crippen LogP contribution in [-0.2, 0) is 5.60 Å². The molecule has 0 spiro atoms. The lowest BCUT2D eigenvalue weighted by Gasteiger charge is -2.27. The minimum atomic E-state index is -1.09. The van der Waals surface area contributed by atoms with Crippen LogP contribution in [0, 0.1) is 5.92 Å². The van der Waals surface area contributed by atoms with Gasteiger partial charge in [0, 0.05) is 12.4 Å². The number of aliphatic hydroxyl groups is 1. The summed E-state index contributed by atoms with van der Waals surface area (Å²) in [5.74, 6) is 1.45. The van der Waals surface area contributed by atoms with E-state index in [9.17, 15) is 5.11 Å². The number of aromatic nitrogens is 2. The fraction of sp³-hybridized carbons (Fsp3) is 0.333. The molecule has 3 rings (SSSR count). The Bertz CT molecular complexity index is 552. The Kier molecular flexibility index (Phi) is 2.95. The molecule has 4 heteroatoms. The second kappa shape index (κ2) is 4.63. The van der Waals surface area contributed by atoms with E-state index in [1.165, 1.54) is 0 Å². The van der Waals surface area contributed by atoms with Gasteiger partial charge < -0.3 is 9.84 Å². The topological polar surface area (TPSA) is 55.2 Å². The molecule has 0 bridgehead atoms. The largest absolute Gasteiger partial charge is 0.497 e. The summed E-state index contributed by atoms with van der Waals surface area (Å²) >= 11 is 0. The minimum Gasteiger partial charge on any atom is -0.497 e. The van der Waals surface area contributed by atoms with E-state index in [0.717, 1.165) is 24.2 Å². The molecule has 4 nitrogen and oxygen atoms in total. The first-order valence-electron chi connectivity index (χ1n) is 6.39. The number of hydrogen-bond donors (Lipinski definition) is 1. The fourth-order valence-electron chi connectivity index (χ4n) is 2.39. The molecule has 1 heterocycles. The highest BCUT2D eigenvalue weighted by atomic mass is 16.5. The van der Waals surface area contributed by atoms with Gasteiger partial charge in [0.1, 0.15) is 5.75 Å². The van der Waals surface area contributed by atoms with E-state index < -0.39 is 5.60 Å². The fourth-order valence-corrected chi connectivity index (χ4v) is 2.39. The molecule has 1 unspecified atom stereocenters. The molecule has 1 atom stereocenters. The second-order valence-electron chi connectivity index (χ2n) is 4.84. The van der Waals surface area contributed by atoms with Crippen LogP contribution in [0.1, 0.15) is 24.2 Å². The molecule has 1 N–H and O–H groups in total. The molecule has 0 aliphatic heterocycles. The third-order valence-electron chi connectivity index (χ3n) is 3.60. The zero-order valence-electron chi connectivity index (χ0n) is 10.8. The Hall–Kier alpha value is -1.94. The van der Waals surface area contributed by atoms with Crippen LogP contribution in [0.3, 0.4) is 0 Å². The molecule has 0 amide bonds. The zero-order valence-corrected chi connectivity index (χ0v) is 10.8. The third kappa shape index (κ3) is 2.08. The van der Waals surface area contributed by atoms with Crippen LogP contribution in [0.15, 0.2) is 42.7 Å². The molecule has 1 aromatic carbocycles. The van der Waals surface area contributed by atoms with Gasteiger partial charge in [-0.15, -0.1) is 0 Å². The van der Waals surface area contributed by atoms with Crippen molar-refractivity contribution in [2.45, 2.75) is 18.4 Å². The SMILES string of the molecule is COc1ccc(C(O)(c2ncccn2)C2CC2)cc1. The lowest BCUT2D eigenvalue weighted by molar-refractivity contribution is 0.0470. The molecule has 1 aromatic heterocycles. The van der Waals surface area contributed by atoms with Gasteiger partial charge in [0.2, 0.25) is 0 Å². The van der Waals surface area contributed by atoms with E-state index in [-0.39, 0.29) is 5.92 Å². The van der Waals surface area contributed by atoms with E-state index in [4.69, 9.17) is 4.74 Å². The van der Waals surface area contributed by atoms with Gasteiger partial charge in [0.15, 0.2) is 11.4 Å². The summed E-state index contributed by atoms with van der Waals surface area (Å²) in [7, 11) is 1.63. The van der Waals surface area contributed by atoms with Crippen molar-refractivity contribution >= 4 is 0 Å². The van der Waals surface area contributed by atoms with Crippen molar-refractivity contribution in [3.05, 3.63) is 54.1 Å². The Morgan fingerprint density at radius 1 is 1.16 bits per heavy atom. The van der Waals surface area contributed by atoms with E-state index in [1.807, 2.05) is 24.3 Å². The molecule has 1 aliphatic carbocycles. The van der Waals surface area contributed by atoms with E-state index in [2.05, 4.69) is 9.97 Å². The van der Waals surface area contributed by atoms with Gasteiger partial charge in [-0.1, -0.05) is 12.1 Å². The molecule has 0 radical (unpaired) electrons. The Morgan fingerprint density at radius 2 is 1.79 bits per heavy atom. The van der Waals surface area contributed by atoms with Crippen molar-refractivity contribution in [3.63, 3.8) is 0 Å². The van der Waals surface area contributed by atoms with Gasteiger partial charge in [0.25, 0.3) is 0 Å². The summed E-state index contributed by atoms with van der Waals surface area (Å²) in [6, 6.07) is 9.23. The predicted octanol–water partition coefficient (Wildman–Crippen LogP) is 2.13. The second-order valence-corrected chi connectivity index (χ2v) is 4.84. The summed E-state index contributed by atoms with van der Waals surface area (Å²) in [6.07, 6.45) is 5.33. The third-order valence-corrected chi connectivity index (χ3v) is 3.60. The van der Waals surface area contributed by atoms with Crippen molar-refractivity contribution in [1.29, 1.82) is 0 Å². The van der Waals surface area contributed by atoms with Crippen LogP contribution in [0.2, 0.25) is 0 Å². The lowest BCUT2D eigenvalue weighted by atomic mass is 9.88. The molecule has 0 saturated heterocycles. The molecule has 1 aliphatic rings. The highest BCUT2D eigenvalue weighted by molar-refractivity contribution is 5.36. The predicted molar refractivity (Wildman–Crippen MR) is 70.7 cm³/mol. The summed E-state index contributed by atoms with van der Waals surface area (Å²) in [5.41, 5.74) is -0.268. The van der Waals surface area contributed by atoms with Gasteiger partial charge >= 0.3 is 0 Å². The Labute approximate surface area is 112 Å². The van der Waals surface area contributed by atoms with Crippen molar-refractivity contribution in [2.75, 3.05) is 7.11 Å².